The van der Waals surface area contributed by atoms with E-state index in [4.69, 9.17) is 9.47 Å². The van der Waals surface area contributed by atoms with Crippen molar-refractivity contribution in [3.63, 3.8) is 0 Å². The number of carbonyl (C=O) groups excluding carboxylic acids is 2. The van der Waals surface area contributed by atoms with E-state index in [1.54, 1.807) is 19.1 Å². The van der Waals surface area contributed by atoms with Gasteiger partial charge in [0.25, 0.3) is 0 Å². The molecule has 24 heavy (non-hydrogen) atoms. The van der Waals surface area contributed by atoms with Gasteiger partial charge in [0.15, 0.2) is 0 Å². The molecule has 0 N–H and O–H groups in total. The normalized spacial score (nSPS) is 24.6. The van der Waals surface area contributed by atoms with E-state index >= 15 is 0 Å². The Labute approximate surface area is 141 Å². The number of hydrogen-bond acceptors (Lipinski definition) is 6. The number of carbonyl (C=O) groups is 2. The maximum absolute atomic E-state index is 12.9. The van der Waals surface area contributed by atoms with Crippen LogP contribution in [0.1, 0.15) is 12.5 Å². The van der Waals surface area contributed by atoms with Crippen LogP contribution in [0.4, 0.5) is 0 Å². The zero-order valence-corrected chi connectivity index (χ0v) is 14.9. The average molecular weight is 355 g/mol. The molecule has 0 aromatic heterocycles. The molecule has 1 fully saturated rings. The second kappa shape index (κ2) is 6.90. The lowest BCUT2D eigenvalue weighted by molar-refractivity contribution is -0.155. The fourth-order valence-electron chi connectivity index (χ4n) is 2.98. The highest BCUT2D eigenvalue weighted by Crippen LogP contribution is 2.35. The second-order valence-corrected chi connectivity index (χ2v) is 7.77. The van der Waals surface area contributed by atoms with Gasteiger partial charge in [-0.1, -0.05) is 24.6 Å². The number of esters is 2. The molecule has 1 aliphatic heterocycles. The van der Waals surface area contributed by atoms with Gasteiger partial charge in [-0.15, -0.1) is 0 Å². The molecule has 1 aliphatic rings. The van der Waals surface area contributed by atoms with Crippen LogP contribution in [0.5, 0.6) is 0 Å². The van der Waals surface area contributed by atoms with E-state index in [1.807, 2.05) is 6.92 Å². The first-order valence-corrected chi connectivity index (χ1v) is 8.92. The zero-order chi connectivity index (χ0) is 18.1. The van der Waals surface area contributed by atoms with Crippen LogP contribution >= 0.6 is 0 Å². The van der Waals surface area contributed by atoms with Crippen molar-refractivity contribution in [2.75, 3.05) is 20.8 Å². The van der Waals surface area contributed by atoms with E-state index in [0.29, 0.717) is 0 Å². The number of ether oxygens (including phenoxy) is 2. The lowest BCUT2D eigenvalue weighted by atomic mass is 9.92. The molecule has 0 unspecified atom stereocenters. The molecular weight excluding hydrogens is 334 g/mol. The van der Waals surface area contributed by atoms with Crippen molar-refractivity contribution < 1.29 is 27.5 Å². The van der Waals surface area contributed by atoms with E-state index < -0.39 is 33.9 Å². The summed E-state index contributed by atoms with van der Waals surface area (Å²) in [5.41, 5.74) is 0.917. The third-order valence-electron chi connectivity index (χ3n) is 4.27. The van der Waals surface area contributed by atoms with Crippen molar-refractivity contribution in [2.24, 2.45) is 11.8 Å². The highest BCUT2D eigenvalue weighted by Gasteiger charge is 2.53. The van der Waals surface area contributed by atoms with Crippen molar-refractivity contribution in [3.8, 4) is 0 Å². The predicted molar refractivity (Wildman–Crippen MR) is 85.5 cm³/mol. The molecule has 1 aromatic rings. The van der Waals surface area contributed by atoms with Gasteiger partial charge in [-0.25, -0.2) is 8.42 Å². The molecular formula is C16H21NO6S. The van der Waals surface area contributed by atoms with Crippen LogP contribution in [-0.4, -0.2) is 51.5 Å². The first-order valence-electron chi connectivity index (χ1n) is 7.48. The van der Waals surface area contributed by atoms with Gasteiger partial charge in [0.2, 0.25) is 10.0 Å². The summed E-state index contributed by atoms with van der Waals surface area (Å²) in [7, 11) is -1.57. The minimum Gasteiger partial charge on any atom is -0.469 e. The molecule has 0 bridgehead atoms. The quantitative estimate of drug-likeness (QED) is 0.748. The topological polar surface area (TPSA) is 90.0 Å². The van der Waals surface area contributed by atoms with Crippen LogP contribution in [-0.2, 0) is 29.1 Å². The van der Waals surface area contributed by atoms with Gasteiger partial charge >= 0.3 is 11.9 Å². The molecule has 132 valence electrons. The smallest absolute Gasteiger partial charge is 0.325 e. The molecule has 0 spiro atoms. The Morgan fingerprint density at radius 1 is 1.08 bits per heavy atom. The Balaban J connectivity index is 2.48. The zero-order valence-electron chi connectivity index (χ0n) is 14.1. The van der Waals surface area contributed by atoms with Gasteiger partial charge in [0, 0.05) is 6.54 Å². The van der Waals surface area contributed by atoms with Gasteiger partial charge in [-0.3, -0.25) is 9.59 Å². The predicted octanol–water partition coefficient (Wildman–Crippen LogP) is 0.966. The van der Waals surface area contributed by atoms with Crippen LogP contribution in [0.15, 0.2) is 29.2 Å². The monoisotopic (exact) mass is 355 g/mol. The summed E-state index contributed by atoms with van der Waals surface area (Å²) in [6.07, 6.45) is 0. The molecule has 0 radical (unpaired) electrons. The van der Waals surface area contributed by atoms with Gasteiger partial charge in [0.1, 0.15) is 6.04 Å². The van der Waals surface area contributed by atoms with E-state index in [-0.39, 0.29) is 17.4 Å². The average Bonchev–Trinajstić information content (AvgIpc) is 2.92. The van der Waals surface area contributed by atoms with E-state index in [2.05, 4.69) is 0 Å². The number of hydrogen-bond donors (Lipinski definition) is 0. The van der Waals surface area contributed by atoms with Crippen LogP contribution in [0.2, 0.25) is 0 Å². The summed E-state index contributed by atoms with van der Waals surface area (Å²) in [6.45, 7) is 3.59. The molecule has 1 saturated heterocycles. The van der Waals surface area contributed by atoms with Crippen LogP contribution in [0, 0.1) is 18.8 Å². The molecule has 0 aliphatic carbocycles. The maximum atomic E-state index is 12.9. The largest absolute Gasteiger partial charge is 0.469 e. The lowest BCUT2D eigenvalue weighted by Crippen LogP contribution is -2.46. The van der Waals surface area contributed by atoms with Crippen molar-refractivity contribution in [1.82, 2.24) is 4.31 Å². The first kappa shape index (κ1) is 18.4. The van der Waals surface area contributed by atoms with Crippen molar-refractivity contribution in [1.29, 1.82) is 0 Å². The minimum absolute atomic E-state index is 0.0374. The summed E-state index contributed by atoms with van der Waals surface area (Å²) in [4.78, 5) is 24.3. The molecule has 1 heterocycles. The number of sulfonamides is 1. The Kier molecular flexibility index (Phi) is 5.29. The maximum Gasteiger partial charge on any atom is 0.325 e. The molecule has 8 heteroatoms. The lowest BCUT2D eigenvalue weighted by Gasteiger charge is -2.24. The minimum atomic E-state index is -3.94. The van der Waals surface area contributed by atoms with Crippen molar-refractivity contribution in [2.45, 2.75) is 24.8 Å². The van der Waals surface area contributed by atoms with Gasteiger partial charge in [-0.05, 0) is 25.0 Å². The Morgan fingerprint density at radius 2 is 1.62 bits per heavy atom. The molecule has 1 aromatic carbocycles. The molecule has 0 amide bonds. The fraction of sp³-hybridized carbons (Fsp3) is 0.500. The van der Waals surface area contributed by atoms with Gasteiger partial charge < -0.3 is 9.47 Å². The molecule has 7 nitrogen and oxygen atoms in total. The molecule has 0 saturated carbocycles. The van der Waals surface area contributed by atoms with Crippen LogP contribution in [0.3, 0.4) is 0 Å². The first-order chi connectivity index (χ1) is 11.2. The second-order valence-electron chi connectivity index (χ2n) is 5.88. The SMILES string of the molecule is COC(=O)[C@@H]1[C@@H](C)CN(S(=O)(=O)c2ccc(C)cc2)[C@H]1C(=O)OC. The number of aryl methyl sites for hydroxylation is 1. The van der Waals surface area contributed by atoms with Gasteiger partial charge in [-0.2, -0.15) is 4.31 Å². The third kappa shape index (κ3) is 3.16. The highest BCUT2D eigenvalue weighted by molar-refractivity contribution is 7.89. The summed E-state index contributed by atoms with van der Waals surface area (Å²) < 4.78 is 36.4. The Bertz CT molecular complexity index is 727. The molecule has 3 atom stereocenters. The Hall–Kier alpha value is -1.93. The van der Waals surface area contributed by atoms with E-state index in [0.717, 1.165) is 17.0 Å². The highest BCUT2D eigenvalue weighted by atomic mass is 32.2. The molecule has 2 rings (SSSR count). The van der Waals surface area contributed by atoms with Crippen LogP contribution < -0.4 is 0 Å². The fourth-order valence-corrected chi connectivity index (χ4v) is 4.68. The summed E-state index contributed by atoms with van der Waals surface area (Å²) in [6, 6.07) is 5.09. The van der Waals surface area contributed by atoms with Crippen molar-refractivity contribution >= 4 is 22.0 Å². The number of nitrogens with zero attached hydrogens (tertiary/aromatic N) is 1. The Morgan fingerprint density at radius 3 is 2.12 bits per heavy atom. The standard InChI is InChI=1S/C16H21NO6S/c1-10-5-7-12(8-6-10)24(20,21)17-9-11(2)13(15(18)22-3)14(17)16(19)23-4/h5-8,11,13-14H,9H2,1-4H3/t11-,13+,14+/m0/s1. The number of rotatable bonds is 4. The number of methoxy groups -OCH3 is 2. The summed E-state index contributed by atoms with van der Waals surface area (Å²) in [5.74, 6) is -2.67. The summed E-state index contributed by atoms with van der Waals surface area (Å²) in [5, 5.41) is 0. The van der Waals surface area contributed by atoms with E-state index in [9.17, 15) is 18.0 Å². The van der Waals surface area contributed by atoms with E-state index in [1.165, 1.54) is 19.2 Å². The van der Waals surface area contributed by atoms with Gasteiger partial charge in [0.05, 0.1) is 25.0 Å². The van der Waals surface area contributed by atoms with Crippen LogP contribution in [0.25, 0.3) is 0 Å². The third-order valence-corrected chi connectivity index (χ3v) is 6.14. The number of benzene rings is 1. The van der Waals surface area contributed by atoms with Crippen molar-refractivity contribution in [3.05, 3.63) is 29.8 Å². The summed E-state index contributed by atoms with van der Waals surface area (Å²) >= 11 is 0.